The molecule has 0 aliphatic carbocycles. The molecule has 0 aromatic rings. The quantitative estimate of drug-likeness (QED) is 0.116. The van der Waals surface area contributed by atoms with E-state index in [0.717, 1.165) is 61.2 Å². The average molecular weight is 521 g/mol. The van der Waals surface area contributed by atoms with Crippen LogP contribution >= 0.6 is 0 Å². The van der Waals surface area contributed by atoms with Gasteiger partial charge in [0, 0.05) is 26.7 Å². The summed E-state index contributed by atoms with van der Waals surface area (Å²) >= 11 is 0. The Morgan fingerprint density at radius 1 is 0.622 bits per heavy atom. The molecule has 0 bridgehead atoms. The van der Waals surface area contributed by atoms with E-state index in [1.165, 1.54) is 4.90 Å². The van der Waals surface area contributed by atoms with Gasteiger partial charge >= 0.3 is 12.1 Å². The SMILES string of the molecule is CN(CCCCCCOC#N)C(=O)N(CCCCCCOC#N)C(=O)N(C=O)CCCCCCOC#N. The third kappa shape index (κ3) is 17.4. The van der Waals surface area contributed by atoms with Crippen LogP contribution in [0.25, 0.3) is 0 Å². The zero-order valence-electron chi connectivity index (χ0n) is 21.9. The summed E-state index contributed by atoms with van der Waals surface area (Å²) in [5.41, 5.74) is 0. The lowest BCUT2D eigenvalue weighted by Crippen LogP contribution is -2.51. The summed E-state index contributed by atoms with van der Waals surface area (Å²) in [6.45, 7) is 1.90. The second-order valence-corrected chi connectivity index (χ2v) is 8.50. The molecule has 0 unspecified atom stereocenters. The lowest BCUT2D eigenvalue weighted by atomic mass is 10.2. The molecule has 0 aliphatic rings. The number of nitrogens with zero attached hydrogens (tertiary/aromatic N) is 6. The van der Waals surface area contributed by atoms with E-state index in [9.17, 15) is 14.4 Å². The lowest BCUT2D eigenvalue weighted by Gasteiger charge is -2.29. The van der Waals surface area contributed by atoms with Gasteiger partial charge < -0.3 is 19.1 Å². The van der Waals surface area contributed by atoms with Gasteiger partial charge in [-0.15, -0.1) is 0 Å². The molecule has 0 atom stereocenters. The maximum Gasteiger partial charge on any atom is 0.334 e. The summed E-state index contributed by atoms with van der Waals surface area (Å²) < 4.78 is 13.9. The van der Waals surface area contributed by atoms with Gasteiger partial charge in [-0.05, 0) is 57.8 Å². The van der Waals surface area contributed by atoms with Crippen molar-refractivity contribution in [3.63, 3.8) is 0 Å². The predicted octanol–water partition coefficient (Wildman–Crippen LogP) is 4.09. The standard InChI is InChI=1S/C25H40N6O6/c1-29(14-8-2-5-11-17-35-20-26)24(33)31(16-10-4-7-13-19-37-22-28)25(34)30(23-32)15-9-3-6-12-18-36-21-27/h23H,2-19H2,1H3. The van der Waals surface area contributed by atoms with Crippen LogP contribution < -0.4 is 0 Å². The molecule has 0 aromatic heterocycles. The Morgan fingerprint density at radius 2 is 1.03 bits per heavy atom. The Balaban J connectivity index is 4.83. The molecule has 0 saturated carbocycles. The number of urea groups is 2. The average Bonchev–Trinajstić information content (AvgIpc) is 2.90. The van der Waals surface area contributed by atoms with Crippen molar-refractivity contribution in [1.29, 1.82) is 15.8 Å². The van der Waals surface area contributed by atoms with Gasteiger partial charge in [0.15, 0.2) is 0 Å². The molecule has 206 valence electrons. The Kier molecular flexibility index (Phi) is 21.6. The second-order valence-electron chi connectivity index (χ2n) is 8.50. The van der Waals surface area contributed by atoms with Crippen molar-refractivity contribution < 1.29 is 28.6 Å². The van der Waals surface area contributed by atoms with Crippen molar-refractivity contribution in [2.45, 2.75) is 77.0 Å². The maximum absolute atomic E-state index is 13.1. The van der Waals surface area contributed by atoms with Gasteiger partial charge in [0.05, 0.1) is 0 Å². The molecule has 0 heterocycles. The van der Waals surface area contributed by atoms with Crippen LogP contribution in [0, 0.1) is 34.6 Å². The molecule has 0 N–H and O–H groups in total. The Morgan fingerprint density at radius 3 is 1.46 bits per heavy atom. The van der Waals surface area contributed by atoms with Crippen LogP contribution in [0.4, 0.5) is 9.59 Å². The smallest absolute Gasteiger partial charge is 0.334 e. The van der Waals surface area contributed by atoms with Crippen LogP contribution in [0.1, 0.15) is 77.0 Å². The van der Waals surface area contributed by atoms with E-state index in [4.69, 9.17) is 15.8 Å². The van der Waals surface area contributed by atoms with Gasteiger partial charge in [-0.1, -0.05) is 19.3 Å². The normalized spacial score (nSPS) is 9.78. The molecule has 37 heavy (non-hydrogen) atoms. The van der Waals surface area contributed by atoms with E-state index in [2.05, 4.69) is 14.2 Å². The maximum atomic E-state index is 13.1. The van der Waals surface area contributed by atoms with E-state index in [1.54, 1.807) is 25.8 Å². The summed E-state index contributed by atoms with van der Waals surface area (Å²) in [6.07, 6.45) is 14.2. The van der Waals surface area contributed by atoms with Gasteiger partial charge in [0.25, 0.3) is 18.8 Å². The largest absolute Gasteiger partial charge is 0.428 e. The third-order valence-corrected chi connectivity index (χ3v) is 5.62. The van der Waals surface area contributed by atoms with Gasteiger partial charge in [-0.25, -0.2) is 14.5 Å². The van der Waals surface area contributed by atoms with Crippen molar-refractivity contribution in [2.24, 2.45) is 0 Å². The van der Waals surface area contributed by atoms with Crippen LogP contribution in [-0.2, 0) is 19.0 Å². The van der Waals surface area contributed by atoms with E-state index in [0.29, 0.717) is 58.5 Å². The minimum atomic E-state index is -0.638. The van der Waals surface area contributed by atoms with Gasteiger partial charge in [0.2, 0.25) is 6.41 Å². The molecule has 0 aromatic carbocycles. The van der Waals surface area contributed by atoms with Crippen molar-refractivity contribution in [2.75, 3.05) is 46.5 Å². The molecule has 0 rings (SSSR count). The summed E-state index contributed by atoms with van der Waals surface area (Å²) in [4.78, 5) is 41.6. The minimum absolute atomic E-state index is 0.183. The van der Waals surface area contributed by atoms with Gasteiger partial charge in [0.1, 0.15) is 19.8 Å². The number of unbranched alkanes of at least 4 members (excludes halogenated alkanes) is 9. The number of hydrogen-bond acceptors (Lipinski definition) is 9. The number of hydrogen-bond donors (Lipinski definition) is 0. The summed E-state index contributed by atoms with van der Waals surface area (Å²) in [7, 11) is 1.63. The number of amides is 5. The number of ether oxygens (including phenoxy) is 3. The third-order valence-electron chi connectivity index (χ3n) is 5.62. The summed E-state index contributed by atoms with van der Waals surface area (Å²) in [5.74, 6) is 0. The summed E-state index contributed by atoms with van der Waals surface area (Å²) in [5, 5.41) is 25.2. The van der Waals surface area contributed by atoms with E-state index in [1.807, 2.05) is 0 Å². The fraction of sp³-hybridized carbons (Fsp3) is 0.760. The van der Waals surface area contributed by atoms with Crippen molar-refractivity contribution >= 4 is 18.5 Å². The Hall–Kier alpha value is -3.72. The molecular formula is C25H40N6O6. The zero-order chi connectivity index (χ0) is 27.6. The highest BCUT2D eigenvalue weighted by Crippen LogP contribution is 2.11. The second kappa shape index (κ2) is 24.0. The van der Waals surface area contributed by atoms with Crippen LogP contribution in [0.2, 0.25) is 0 Å². The predicted molar refractivity (Wildman–Crippen MR) is 133 cm³/mol. The van der Waals surface area contributed by atoms with Crippen molar-refractivity contribution in [3.8, 4) is 18.8 Å². The minimum Gasteiger partial charge on any atom is -0.428 e. The number of carbonyl (C=O) groups is 3. The highest BCUT2D eigenvalue weighted by molar-refractivity contribution is 5.97. The molecule has 12 heteroatoms. The van der Waals surface area contributed by atoms with Crippen molar-refractivity contribution in [3.05, 3.63) is 0 Å². The van der Waals surface area contributed by atoms with Crippen LogP contribution in [0.3, 0.4) is 0 Å². The monoisotopic (exact) mass is 520 g/mol. The van der Waals surface area contributed by atoms with E-state index >= 15 is 0 Å². The zero-order valence-corrected chi connectivity index (χ0v) is 21.9. The molecule has 0 spiro atoms. The fourth-order valence-corrected chi connectivity index (χ4v) is 3.54. The fourth-order valence-electron chi connectivity index (χ4n) is 3.54. The number of carbonyl (C=O) groups excluding carboxylic acids is 3. The number of imide groups is 2. The van der Waals surface area contributed by atoms with Gasteiger partial charge in [-0.3, -0.25) is 9.69 Å². The highest BCUT2D eigenvalue weighted by Gasteiger charge is 2.28. The molecule has 12 nitrogen and oxygen atoms in total. The molecule has 0 radical (unpaired) electrons. The molecule has 0 aliphatic heterocycles. The first-order valence-corrected chi connectivity index (χ1v) is 12.8. The van der Waals surface area contributed by atoms with Crippen LogP contribution in [0.15, 0.2) is 0 Å². The number of rotatable bonds is 22. The Labute approximate surface area is 220 Å². The molecule has 0 saturated heterocycles. The number of nitriles is 3. The molecular weight excluding hydrogens is 480 g/mol. The molecule has 5 amide bonds. The van der Waals surface area contributed by atoms with Crippen molar-refractivity contribution in [1.82, 2.24) is 14.7 Å². The summed E-state index contributed by atoms with van der Waals surface area (Å²) in [6, 6.07) is -1.09. The lowest BCUT2D eigenvalue weighted by molar-refractivity contribution is -0.116. The van der Waals surface area contributed by atoms with Crippen LogP contribution in [-0.4, -0.2) is 79.7 Å². The topological polar surface area (TPSA) is 160 Å². The first-order valence-electron chi connectivity index (χ1n) is 12.8. The van der Waals surface area contributed by atoms with E-state index in [-0.39, 0.29) is 13.1 Å². The molecule has 0 fully saturated rings. The van der Waals surface area contributed by atoms with Gasteiger partial charge in [-0.2, -0.15) is 15.8 Å². The Bertz CT molecular complexity index is 760. The van der Waals surface area contributed by atoms with Crippen LogP contribution in [0.5, 0.6) is 0 Å². The van der Waals surface area contributed by atoms with E-state index < -0.39 is 12.1 Å². The first-order chi connectivity index (χ1) is 18.0. The first kappa shape index (κ1) is 33.3. The highest BCUT2D eigenvalue weighted by atomic mass is 16.5.